The minimum absolute atomic E-state index is 0.160. The Balaban J connectivity index is 1.99. The third-order valence-corrected chi connectivity index (χ3v) is 2.78. The fourth-order valence-corrected chi connectivity index (χ4v) is 1.76. The summed E-state index contributed by atoms with van der Waals surface area (Å²) in [6.45, 7) is 4.04. The van der Waals surface area contributed by atoms with E-state index in [9.17, 15) is 4.79 Å². The second-order valence-electron chi connectivity index (χ2n) is 4.16. The number of aryl methyl sites for hydroxylation is 1. The molecule has 1 amide bonds. The Bertz CT molecular complexity index is 389. The van der Waals surface area contributed by atoms with Crippen LogP contribution in [0.2, 0.25) is 0 Å². The zero-order chi connectivity index (χ0) is 11.4. The molecule has 1 saturated heterocycles. The van der Waals surface area contributed by atoms with Crippen LogP contribution < -0.4 is 0 Å². The zero-order valence-corrected chi connectivity index (χ0v) is 9.52. The Labute approximate surface area is 95.8 Å². The molecular weight excluding hydrogens is 200 g/mol. The SMILES string of the molecule is Cc1ccc(C(=O)N=CN2CCCC2)cc1. The van der Waals surface area contributed by atoms with E-state index in [1.807, 2.05) is 31.2 Å². The van der Waals surface area contributed by atoms with Crippen molar-refractivity contribution in [3.05, 3.63) is 35.4 Å². The predicted molar refractivity (Wildman–Crippen MR) is 64.8 cm³/mol. The van der Waals surface area contributed by atoms with Gasteiger partial charge >= 0.3 is 0 Å². The molecular formula is C13H16N2O. The lowest BCUT2D eigenvalue weighted by Gasteiger charge is -2.08. The maximum atomic E-state index is 11.7. The molecule has 16 heavy (non-hydrogen) atoms. The van der Waals surface area contributed by atoms with Gasteiger partial charge < -0.3 is 4.90 Å². The molecule has 1 aliphatic rings. The van der Waals surface area contributed by atoms with E-state index in [2.05, 4.69) is 9.89 Å². The average molecular weight is 216 g/mol. The highest BCUT2D eigenvalue weighted by atomic mass is 16.1. The van der Waals surface area contributed by atoms with E-state index in [0.717, 1.165) is 18.7 Å². The van der Waals surface area contributed by atoms with Crippen LogP contribution in [0.5, 0.6) is 0 Å². The molecule has 0 saturated carbocycles. The van der Waals surface area contributed by atoms with E-state index < -0.39 is 0 Å². The standard InChI is InChI=1S/C13H16N2O/c1-11-4-6-12(7-5-11)13(16)14-10-15-8-2-3-9-15/h4-7,10H,2-3,8-9H2,1H3. The molecule has 1 aromatic rings. The van der Waals surface area contributed by atoms with Crippen LogP contribution >= 0.6 is 0 Å². The molecule has 0 spiro atoms. The molecule has 1 aliphatic heterocycles. The Morgan fingerprint density at radius 3 is 2.50 bits per heavy atom. The summed E-state index contributed by atoms with van der Waals surface area (Å²) < 4.78 is 0. The van der Waals surface area contributed by atoms with Gasteiger partial charge in [-0.05, 0) is 31.9 Å². The number of hydrogen-bond donors (Lipinski definition) is 0. The third kappa shape index (κ3) is 2.69. The van der Waals surface area contributed by atoms with Crippen LogP contribution in [-0.2, 0) is 0 Å². The Morgan fingerprint density at radius 1 is 1.25 bits per heavy atom. The Hall–Kier alpha value is -1.64. The van der Waals surface area contributed by atoms with Crippen molar-refractivity contribution in [1.82, 2.24) is 4.90 Å². The van der Waals surface area contributed by atoms with Gasteiger partial charge in [-0.2, -0.15) is 4.99 Å². The number of benzene rings is 1. The highest BCUT2D eigenvalue weighted by Crippen LogP contribution is 2.06. The molecule has 1 heterocycles. The lowest BCUT2D eigenvalue weighted by molar-refractivity contribution is 0.100. The topological polar surface area (TPSA) is 32.7 Å². The van der Waals surface area contributed by atoms with Crippen molar-refractivity contribution in [2.24, 2.45) is 4.99 Å². The third-order valence-electron chi connectivity index (χ3n) is 2.78. The van der Waals surface area contributed by atoms with Gasteiger partial charge in [-0.15, -0.1) is 0 Å². The van der Waals surface area contributed by atoms with Crippen molar-refractivity contribution in [3.8, 4) is 0 Å². The molecule has 0 unspecified atom stereocenters. The van der Waals surface area contributed by atoms with Gasteiger partial charge in [0.25, 0.3) is 5.91 Å². The van der Waals surface area contributed by atoms with Crippen LogP contribution in [-0.4, -0.2) is 30.2 Å². The van der Waals surface area contributed by atoms with E-state index >= 15 is 0 Å². The number of nitrogens with zero attached hydrogens (tertiary/aromatic N) is 2. The molecule has 1 fully saturated rings. The van der Waals surface area contributed by atoms with Gasteiger partial charge in [0.15, 0.2) is 0 Å². The van der Waals surface area contributed by atoms with Crippen LogP contribution in [0.3, 0.4) is 0 Å². The summed E-state index contributed by atoms with van der Waals surface area (Å²) in [6, 6.07) is 7.50. The highest BCUT2D eigenvalue weighted by molar-refractivity contribution is 5.98. The van der Waals surface area contributed by atoms with Crippen molar-refractivity contribution in [3.63, 3.8) is 0 Å². The van der Waals surface area contributed by atoms with Gasteiger partial charge in [0.1, 0.15) is 0 Å². The lowest BCUT2D eigenvalue weighted by atomic mass is 10.1. The smallest absolute Gasteiger partial charge is 0.278 e. The molecule has 3 heteroatoms. The molecule has 0 N–H and O–H groups in total. The second kappa shape index (κ2) is 4.92. The maximum absolute atomic E-state index is 11.7. The number of carbonyl (C=O) groups excluding carboxylic acids is 1. The van der Waals surface area contributed by atoms with Crippen molar-refractivity contribution >= 4 is 12.2 Å². The van der Waals surface area contributed by atoms with Gasteiger partial charge in [0, 0.05) is 18.7 Å². The first-order chi connectivity index (χ1) is 7.75. The minimum atomic E-state index is -0.160. The van der Waals surface area contributed by atoms with Crippen LogP contribution in [0.15, 0.2) is 29.3 Å². The van der Waals surface area contributed by atoms with Gasteiger partial charge in [0.2, 0.25) is 0 Å². The number of rotatable bonds is 2. The van der Waals surface area contributed by atoms with Gasteiger partial charge in [0.05, 0.1) is 6.34 Å². The fourth-order valence-electron chi connectivity index (χ4n) is 1.76. The molecule has 84 valence electrons. The van der Waals surface area contributed by atoms with Gasteiger partial charge in [-0.1, -0.05) is 17.7 Å². The van der Waals surface area contributed by atoms with Crippen LogP contribution in [0.4, 0.5) is 0 Å². The monoisotopic (exact) mass is 216 g/mol. The molecule has 0 aliphatic carbocycles. The fraction of sp³-hybridized carbons (Fsp3) is 0.385. The van der Waals surface area contributed by atoms with Crippen LogP contribution in [0.1, 0.15) is 28.8 Å². The first kappa shape index (κ1) is 10.9. The predicted octanol–water partition coefficient (Wildman–Crippen LogP) is 2.26. The summed E-state index contributed by atoms with van der Waals surface area (Å²) in [7, 11) is 0. The number of amides is 1. The summed E-state index contributed by atoms with van der Waals surface area (Å²) >= 11 is 0. The first-order valence-corrected chi connectivity index (χ1v) is 5.65. The summed E-state index contributed by atoms with van der Waals surface area (Å²) in [5, 5.41) is 0. The zero-order valence-electron chi connectivity index (χ0n) is 9.52. The van der Waals surface area contributed by atoms with E-state index in [-0.39, 0.29) is 5.91 Å². The number of aliphatic imine (C=N–C) groups is 1. The number of carbonyl (C=O) groups is 1. The van der Waals surface area contributed by atoms with Crippen molar-refractivity contribution < 1.29 is 4.79 Å². The van der Waals surface area contributed by atoms with Crippen molar-refractivity contribution in [1.29, 1.82) is 0 Å². The molecule has 0 bridgehead atoms. The molecule has 2 rings (SSSR count). The molecule has 0 aromatic heterocycles. The summed E-state index contributed by atoms with van der Waals surface area (Å²) in [6.07, 6.45) is 4.07. The molecule has 0 radical (unpaired) electrons. The Kier molecular flexibility index (Phi) is 3.34. The summed E-state index contributed by atoms with van der Waals surface area (Å²) in [5.41, 5.74) is 1.81. The molecule has 1 aromatic carbocycles. The van der Waals surface area contributed by atoms with Gasteiger partial charge in [-0.3, -0.25) is 4.79 Å². The molecule has 3 nitrogen and oxygen atoms in total. The molecule has 0 atom stereocenters. The summed E-state index contributed by atoms with van der Waals surface area (Å²) in [4.78, 5) is 17.7. The largest absolute Gasteiger partial charge is 0.362 e. The normalized spacial score (nSPS) is 15.9. The average Bonchev–Trinajstić information content (AvgIpc) is 2.80. The van der Waals surface area contributed by atoms with E-state index in [4.69, 9.17) is 0 Å². The quantitative estimate of drug-likeness (QED) is 0.561. The number of hydrogen-bond acceptors (Lipinski definition) is 1. The van der Waals surface area contributed by atoms with Crippen molar-refractivity contribution in [2.45, 2.75) is 19.8 Å². The van der Waals surface area contributed by atoms with Crippen molar-refractivity contribution in [2.75, 3.05) is 13.1 Å². The van der Waals surface area contributed by atoms with E-state index in [1.165, 1.54) is 12.8 Å². The van der Waals surface area contributed by atoms with E-state index in [0.29, 0.717) is 5.56 Å². The van der Waals surface area contributed by atoms with Crippen LogP contribution in [0, 0.1) is 6.92 Å². The van der Waals surface area contributed by atoms with Crippen LogP contribution in [0.25, 0.3) is 0 Å². The number of likely N-dealkylation sites (tertiary alicyclic amines) is 1. The summed E-state index contributed by atoms with van der Waals surface area (Å²) in [5.74, 6) is -0.160. The minimum Gasteiger partial charge on any atom is -0.362 e. The highest BCUT2D eigenvalue weighted by Gasteiger charge is 2.08. The maximum Gasteiger partial charge on any atom is 0.278 e. The lowest BCUT2D eigenvalue weighted by Crippen LogP contribution is -2.17. The Morgan fingerprint density at radius 2 is 1.88 bits per heavy atom. The van der Waals surface area contributed by atoms with E-state index in [1.54, 1.807) is 6.34 Å². The first-order valence-electron chi connectivity index (χ1n) is 5.65. The second-order valence-corrected chi connectivity index (χ2v) is 4.16. The van der Waals surface area contributed by atoms with Gasteiger partial charge in [-0.25, -0.2) is 0 Å².